The Balaban J connectivity index is 0.00000261. The number of aromatic nitrogens is 1. The van der Waals surface area contributed by atoms with E-state index in [2.05, 4.69) is 18.7 Å². The maximum absolute atomic E-state index is 13.0. The van der Waals surface area contributed by atoms with Crippen LogP contribution in [0, 0.1) is 0 Å². The second-order valence-electron chi connectivity index (χ2n) is 5.92. The number of para-hydroxylation sites is 1. The van der Waals surface area contributed by atoms with E-state index in [0.29, 0.717) is 17.3 Å². The van der Waals surface area contributed by atoms with Gasteiger partial charge in [0, 0.05) is 18.0 Å². The highest BCUT2D eigenvalue weighted by Gasteiger charge is 2.21. The van der Waals surface area contributed by atoms with E-state index in [9.17, 15) is 4.79 Å². The fraction of sp³-hybridized carbons (Fsp3) is 0.368. The second-order valence-corrected chi connectivity index (χ2v) is 8.73. The van der Waals surface area contributed by atoms with Gasteiger partial charge in [-0.05, 0) is 37.4 Å². The first-order chi connectivity index (χ1) is 12.6. The topological polar surface area (TPSA) is 36.4 Å². The molecule has 146 valence electrons. The Morgan fingerprint density at radius 3 is 2.44 bits per heavy atom. The first kappa shape index (κ1) is 22.1. The Bertz CT molecular complexity index is 844. The van der Waals surface area contributed by atoms with Gasteiger partial charge in [-0.2, -0.15) is 0 Å². The van der Waals surface area contributed by atoms with Crippen molar-refractivity contribution in [3.63, 3.8) is 0 Å². The van der Waals surface area contributed by atoms with Crippen LogP contribution in [0.25, 0.3) is 10.2 Å². The van der Waals surface area contributed by atoms with Gasteiger partial charge in [-0.25, -0.2) is 4.98 Å². The minimum Gasteiger partial charge on any atom is -0.302 e. The van der Waals surface area contributed by atoms with E-state index in [0.717, 1.165) is 39.9 Å². The van der Waals surface area contributed by atoms with Gasteiger partial charge in [0.05, 0.1) is 21.0 Å². The third-order valence-corrected chi connectivity index (χ3v) is 6.59. The van der Waals surface area contributed by atoms with E-state index in [-0.39, 0.29) is 18.3 Å². The standard InChI is InChI=1S/C19H22ClN3OS2.ClH/c1-3-22(4-2)11-12-23(18(24)13-14-9-10-17(20)25-14)19-21-15-7-5-6-8-16(15)26-19;/h5-10H,3-4,11-13H2,1-2H3;1H. The lowest BCUT2D eigenvalue weighted by molar-refractivity contribution is -0.118. The molecule has 3 aromatic rings. The molecular formula is C19H23Cl2N3OS2. The maximum atomic E-state index is 13.0. The third-order valence-electron chi connectivity index (χ3n) is 4.30. The van der Waals surface area contributed by atoms with Crippen LogP contribution in [0.3, 0.4) is 0 Å². The summed E-state index contributed by atoms with van der Waals surface area (Å²) in [5.74, 6) is 0.0646. The zero-order chi connectivity index (χ0) is 18.5. The highest BCUT2D eigenvalue weighted by Crippen LogP contribution is 2.30. The summed E-state index contributed by atoms with van der Waals surface area (Å²) in [4.78, 5) is 22.8. The molecule has 2 heterocycles. The molecule has 0 aliphatic heterocycles. The van der Waals surface area contributed by atoms with Crippen LogP contribution in [-0.4, -0.2) is 42.0 Å². The number of hydrogen-bond acceptors (Lipinski definition) is 5. The molecule has 0 fully saturated rings. The van der Waals surface area contributed by atoms with E-state index in [1.807, 2.05) is 41.3 Å². The Kier molecular flexibility index (Phi) is 8.51. The van der Waals surface area contributed by atoms with Crippen molar-refractivity contribution in [1.29, 1.82) is 0 Å². The summed E-state index contributed by atoms with van der Waals surface area (Å²) in [7, 11) is 0. The number of anilines is 1. The van der Waals surface area contributed by atoms with Gasteiger partial charge in [-0.1, -0.05) is 48.9 Å². The number of fused-ring (bicyclic) bond motifs is 1. The van der Waals surface area contributed by atoms with Crippen molar-refractivity contribution in [1.82, 2.24) is 9.88 Å². The number of nitrogens with zero attached hydrogens (tertiary/aromatic N) is 3. The van der Waals surface area contributed by atoms with Gasteiger partial charge in [0.15, 0.2) is 5.13 Å². The second kappa shape index (κ2) is 10.4. The summed E-state index contributed by atoms with van der Waals surface area (Å²) < 4.78 is 1.81. The lowest BCUT2D eigenvalue weighted by Gasteiger charge is -2.24. The zero-order valence-electron chi connectivity index (χ0n) is 15.4. The highest BCUT2D eigenvalue weighted by molar-refractivity contribution is 7.22. The SMILES string of the molecule is CCN(CC)CCN(C(=O)Cc1ccc(Cl)s1)c1nc2ccccc2s1.Cl. The molecule has 1 amide bonds. The Hall–Kier alpha value is -1.18. The van der Waals surface area contributed by atoms with E-state index in [1.165, 1.54) is 11.3 Å². The van der Waals surface area contributed by atoms with Gasteiger partial charge in [-0.15, -0.1) is 23.7 Å². The van der Waals surface area contributed by atoms with Gasteiger partial charge < -0.3 is 4.90 Å². The van der Waals surface area contributed by atoms with Crippen LogP contribution in [0.15, 0.2) is 36.4 Å². The summed E-state index contributed by atoms with van der Waals surface area (Å²) in [5.41, 5.74) is 0.937. The average Bonchev–Trinajstić information content (AvgIpc) is 3.24. The summed E-state index contributed by atoms with van der Waals surface area (Å²) in [6.07, 6.45) is 0.353. The first-order valence-corrected chi connectivity index (χ1v) is 10.7. The molecule has 0 aliphatic rings. The number of likely N-dealkylation sites (N-methyl/N-ethyl adjacent to an activating group) is 1. The van der Waals surface area contributed by atoms with E-state index in [1.54, 1.807) is 11.3 Å². The van der Waals surface area contributed by atoms with Crippen molar-refractivity contribution in [2.45, 2.75) is 20.3 Å². The lowest BCUT2D eigenvalue weighted by Crippen LogP contribution is -2.39. The first-order valence-electron chi connectivity index (χ1n) is 8.73. The fourth-order valence-electron chi connectivity index (χ4n) is 2.78. The molecule has 2 aromatic heterocycles. The third kappa shape index (κ3) is 5.65. The van der Waals surface area contributed by atoms with Gasteiger partial charge in [0.2, 0.25) is 5.91 Å². The molecule has 0 atom stereocenters. The molecule has 3 rings (SSSR count). The number of carbonyl (C=O) groups excluding carboxylic acids is 1. The van der Waals surface area contributed by atoms with Crippen LogP contribution >= 0.6 is 46.7 Å². The molecule has 0 aliphatic carbocycles. The van der Waals surface area contributed by atoms with Crippen LogP contribution in [-0.2, 0) is 11.2 Å². The summed E-state index contributed by atoms with van der Waals surface area (Å²) in [5, 5.41) is 0.769. The fourth-order valence-corrected chi connectivity index (χ4v) is 4.86. The van der Waals surface area contributed by atoms with Crippen molar-refractivity contribution in [2.24, 2.45) is 0 Å². The quantitative estimate of drug-likeness (QED) is 0.470. The predicted octanol–water partition coefficient (Wildman–Crippen LogP) is 5.35. The molecule has 0 bridgehead atoms. The van der Waals surface area contributed by atoms with Gasteiger partial charge in [-0.3, -0.25) is 9.69 Å². The van der Waals surface area contributed by atoms with Crippen LogP contribution in [0.5, 0.6) is 0 Å². The van der Waals surface area contributed by atoms with Crippen molar-refractivity contribution >= 4 is 67.9 Å². The van der Waals surface area contributed by atoms with Crippen molar-refractivity contribution < 1.29 is 4.79 Å². The maximum Gasteiger partial charge on any atom is 0.234 e. The molecule has 1 aromatic carbocycles. The number of carbonyl (C=O) groups is 1. The van der Waals surface area contributed by atoms with Crippen LogP contribution < -0.4 is 4.90 Å². The van der Waals surface area contributed by atoms with E-state index >= 15 is 0 Å². The van der Waals surface area contributed by atoms with Gasteiger partial charge in [0.25, 0.3) is 0 Å². The Morgan fingerprint density at radius 2 is 1.81 bits per heavy atom. The number of hydrogen-bond donors (Lipinski definition) is 0. The Morgan fingerprint density at radius 1 is 1.07 bits per heavy atom. The number of thiophene rings is 1. The molecule has 0 saturated carbocycles. The molecule has 0 N–H and O–H groups in total. The number of amides is 1. The number of thiazole rings is 1. The molecule has 4 nitrogen and oxygen atoms in total. The number of halogens is 2. The van der Waals surface area contributed by atoms with Gasteiger partial charge >= 0.3 is 0 Å². The van der Waals surface area contributed by atoms with Crippen LogP contribution in [0.1, 0.15) is 18.7 Å². The van der Waals surface area contributed by atoms with Crippen molar-refractivity contribution in [2.75, 3.05) is 31.1 Å². The minimum atomic E-state index is 0. The molecule has 0 radical (unpaired) electrons. The molecule has 0 spiro atoms. The average molecular weight is 444 g/mol. The zero-order valence-corrected chi connectivity index (χ0v) is 18.6. The summed E-state index contributed by atoms with van der Waals surface area (Å²) >= 11 is 9.04. The Labute approximate surface area is 179 Å². The highest BCUT2D eigenvalue weighted by atomic mass is 35.5. The monoisotopic (exact) mass is 443 g/mol. The molecule has 0 saturated heterocycles. The van der Waals surface area contributed by atoms with Crippen LogP contribution in [0.4, 0.5) is 5.13 Å². The number of rotatable bonds is 8. The normalized spacial score (nSPS) is 11.0. The molecular weight excluding hydrogens is 421 g/mol. The van der Waals surface area contributed by atoms with E-state index < -0.39 is 0 Å². The molecule has 0 unspecified atom stereocenters. The number of benzene rings is 1. The van der Waals surface area contributed by atoms with E-state index in [4.69, 9.17) is 16.6 Å². The van der Waals surface area contributed by atoms with Crippen LogP contribution in [0.2, 0.25) is 4.34 Å². The summed E-state index contributed by atoms with van der Waals surface area (Å²) in [6.45, 7) is 7.69. The van der Waals surface area contributed by atoms with Crippen molar-refractivity contribution in [3.8, 4) is 0 Å². The molecule has 8 heteroatoms. The molecule has 27 heavy (non-hydrogen) atoms. The summed E-state index contributed by atoms with van der Waals surface area (Å²) in [6, 6.07) is 11.8. The predicted molar refractivity (Wildman–Crippen MR) is 120 cm³/mol. The van der Waals surface area contributed by atoms with Gasteiger partial charge in [0.1, 0.15) is 0 Å². The minimum absolute atomic E-state index is 0. The largest absolute Gasteiger partial charge is 0.302 e. The smallest absolute Gasteiger partial charge is 0.234 e. The van der Waals surface area contributed by atoms with Crippen molar-refractivity contribution in [3.05, 3.63) is 45.6 Å². The lowest BCUT2D eigenvalue weighted by atomic mass is 10.3.